The summed E-state index contributed by atoms with van der Waals surface area (Å²) < 4.78 is 5.18. The Morgan fingerprint density at radius 3 is 2.77 bits per heavy atom. The van der Waals surface area contributed by atoms with Gasteiger partial charge in [0, 0.05) is 38.2 Å². The number of carbonyl (C=O) groups excluding carboxylic acids is 2. The molecule has 0 N–H and O–H groups in total. The minimum atomic E-state index is -0.314. The topological polar surface area (TPSA) is 66.7 Å². The molecule has 1 aliphatic carbocycles. The van der Waals surface area contributed by atoms with Crippen LogP contribution in [0.5, 0.6) is 0 Å². The summed E-state index contributed by atoms with van der Waals surface area (Å²) in [5.74, 6) is 1.97. The van der Waals surface area contributed by atoms with Crippen LogP contribution in [0.25, 0.3) is 0 Å². The van der Waals surface area contributed by atoms with E-state index in [1.165, 1.54) is 12.8 Å². The summed E-state index contributed by atoms with van der Waals surface area (Å²) in [5.41, 5.74) is 1.59. The van der Waals surface area contributed by atoms with Gasteiger partial charge in [0.1, 0.15) is 5.76 Å². The van der Waals surface area contributed by atoms with Gasteiger partial charge in [-0.2, -0.15) is 0 Å². The first-order chi connectivity index (χ1) is 12.5. The van der Waals surface area contributed by atoms with Crippen LogP contribution in [0.2, 0.25) is 0 Å². The maximum atomic E-state index is 13.1. The van der Waals surface area contributed by atoms with Crippen LogP contribution in [-0.2, 0) is 16.0 Å². The van der Waals surface area contributed by atoms with E-state index < -0.39 is 0 Å². The van der Waals surface area contributed by atoms with E-state index in [2.05, 4.69) is 10.1 Å². The molecule has 142 valence electrons. The number of rotatable bonds is 5. The Bertz CT molecular complexity index is 690. The van der Waals surface area contributed by atoms with Crippen LogP contribution in [-0.4, -0.2) is 52.9 Å². The molecule has 1 atom stereocenters. The second-order valence-electron chi connectivity index (χ2n) is 8.45. The number of piperidine rings is 1. The first-order valence-corrected chi connectivity index (χ1v) is 9.97. The Balaban J connectivity index is 1.36. The zero-order valence-electron chi connectivity index (χ0n) is 15.9. The maximum Gasteiger partial charge on any atom is 0.230 e. The van der Waals surface area contributed by atoms with Crippen LogP contribution in [0.4, 0.5) is 0 Å². The monoisotopic (exact) mass is 359 g/mol. The van der Waals surface area contributed by atoms with Gasteiger partial charge in [0.05, 0.1) is 11.1 Å². The number of carbonyl (C=O) groups is 2. The van der Waals surface area contributed by atoms with E-state index in [0.29, 0.717) is 31.8 Å². The molecule has 0 unspecified atom stereocenters. The summed E-state index contributed by atoms with van der Waals surface area (Å²) in [7, 11) is 0. The summed E-state index contributed by atoms with van der Waals surface area (Å²) in [5, 5.41) is 3.96. The van der Waals surface area contributed by atoms with Crippen molar-refractivity contribution in [1.29, 1.82) is 0 Å². The number of aromatic nitrogens is 1. The van der Waals surface area contributed by atoms with Gasteiger partial charge in [-0.3, -0.25) is 9.59 Å². The van der Waals surface area contributed by atoms with E-state index in [-0.39, 0.29) is 11.3 Å². The minimum absolute atomic E-state index is 0.147. The summed E-state index contributed by atoms with van der Waals surface area (Å²) in [6, 6.07) is 0. The van der Waals surface area contributed by atoms with Gasteiger partial charge >= 0.3 is 0 Å². The average molecular weight is 359 g/mol. The second kappa shape index (κ2) is 6.71. The molecule has 1 spiro atoms. The van der Waals surface area contributed by atoms with Crippen molar-refractivity contribution in [3.05, 3.63) is 17.0 Å². The Hall–Kier alpha value is -1.85. The summed E-state index contributed by atoms with van der Waals surface area (Å²) in [6.07, 6.45) is 6.47. The molecule has 0 bridgehead atoms. The number of aryl methyl sites for hydroxylation is 2. The zero-order chi connectivity index (χ0) is 18.3. The van der Waals surface area contributed by atoms with Crippen LogP contribution in [0.1, 0.15) is 55.5 Å². The molecule has 3 aliphatic rings. The van der Waals surface area contributed by atoms with E-state index in [1.54, 1.807) is 0 Å². The molecule has 2 aliphatic heterocycles. The molecule has 2 amide bonds. The Labute approximate surface area is 154 Å². The molecule has 1 aromatic heterocycles. The van der Waals surface area contributed by atoms with Crippen molar-refractivity contribution in [3.8, 4) is 0 Å². The lowest BCUT2D eigenvalue weighted by Gasteiger charge is -2.39. The van der Waals surface area contributed by atoms with Gasteiger partial charge < -0.3 is 14.3 Å². The molecule has 4 rings (SSSR count). The van der Waals surface area contributed by atoms with E-state index in [1.807, 2.05) is 18.7 Å². The van der Waals surface area contributed by atoms with Crippen molar-refractivity contribution < 1.29 is 14.1 Å². The third kappa shape index (κ3) is 3.26. The van der Waals surface area contributed by atoms with Crippen LogP contribution >= 0.6 is 0 Å². The van der Waals surface area contributed by atoms with Crippen molar-refractivity contribution in [1.82, 2.24) is 15.0 Å². The van der Waals surface area contributed by atoms with Crippen LogP contribution in [0, 0.1) is 25.2 Å². The Morgan fingerprint density at radius 2 is 2.08 bits per heavy atom. The van der Waals surface area contributed by atoms with Gasteiger partial charge in [0.2, 0.25) is 11.8 Å². The van der Waals surface area contributed by atoms with E-state index in [9.17, 15) is 9.59 Å². The highest BCUT2D eigenvalue weighted by Crippen LogP contribution is 2.41. The molecule has 3 heterocycles. The highest BCUT2D eigenvalue weighted by Gasteiger charge is 2.49. The Kier molecular flexibility index (Phi) is 4.53. The number of hydrogen-bond acceptors (Lipinski definition) is 4. The fourth-order valence-corrected chi connectivity index (χ4v) is 4.65. The lowest BCUT2D eigenvalue weighted by molar-refractivity contribution is -0.146. The lowest BCUT2D eigenvalue weighted by atomic mass is 9.78. The molecule has 6 nitrogen and oxygen atoms in total. The molecular weight excluding hydrogens is 330 g/mol. The third-order valence-electron chi connectivity index (χ3n) is 6.48. The smallest absolute Gasteiger partial charge is 0.230 e. The van der Waals surface area contributed by atoms with E-state index in [4.69, 9.17) is 4.52 Å². The van der Waals surface area contributed by atoms with Crippen molar-refractivity contribution in [3.63, 3.8) is 0 Å². The minimum Gasteiger partial charge on any atom is -0.361 e. The highest BCUT2D eigenvalue weighted by molar-refractivity contribution is 5.86. The predicted octanol–water partition coefficient (Wildman–Crippen LogP) is 2.48. The number of nitrogens with zero attached hydrogens (tertiary/aromatic N) is 3. The molecule has 1 aromatic rings. The summed E-state index contributed by atoms with van der Waals surface area (Å²) in [6.45, 7) is 6.95. The molecule has 3 fully saturated rings. The van der Waals surface area contributed by atoms with Gasteiger partial charge in [-0.25, -0.2) is 0 Å². The summed E-state index contributed by atoms with van der Waals surface area (Å²) >= 11 is 0. The SMILES string of the molecule is Cc1noc(C)c1CCC(=O)N1CC[C@]2(CCCN(CC3CC3)C2=O)C1. The quantitative estimate of drug-likeness (QED) is 0.810. The standard InChI is InChI=1S/C20H29N3O3/c1-14-17(15(2)26-21-14)6-7-18(24)23-11-9-20(13-23)8-3-10-22(19(20)25)12-16-4-5-16/h16H,3-13H2,1-2H3/t20-/m1/s1. The number of hydrogen-bond donors (Lipinski definition) is 0. The Morgan fingerprint density at radius 1 is 1.27 bits per heavy atom. The summed E-state index contributed by atoms with van der Waals surface area (Å²) in [4.78, 5) is 29.8. The van der Waals surface area contributed by atoms with Gasteiger partial charge in [-0.15, -0.1) is 0 Å². The fraction of sp³-hybridized carbons (Fsp3) is 0.750. The van der Waals surface area contributed by atoms with Crippen molar-refractivity contribution in [2.24, 2.45) is 11.3 Å². The van der Waals surface area contributed by atoms with Gasteiger partial charge in [-0.1, -0.05) is 5.16 Å². The maximum absolute atomic E-state index is 13.1. The van der Waals surface area contributed by atoms with Gasteiger partial charge in [0.25, 0.3) is 0 Å². The van der Waals surface area contributed by atoms with E-state index >= 15 is 0 Å². The molecule has 26 heavy (non-hydrogen) atoms. The zero-order valence-corrected chi connectivity index (χ0v) is 15.9. The fourth-order valence-electron chi connectivity index (χ4n) is 4.65. The van der Waals surface area contributed by atoms with Crippen molar-refractivity contribution >= 4 is 11.8 Å². The number of likely N-dealkylation sites (tertiary alicyclic amines) is 2. The molecule has 2 saturated heterocycles. The van der Waals surface area contributed by atoms with Gasteiger partial charge in [0.15, 0.2) is 0 Å². The number of amides is 2. The second-order valence-corrected chi connectivity index (χ2v) is 8.45. The van der Waals surface area contributed by atoms with E-state index in [0.717, 1.165) is 55.3 Å². The predicted molar refractivity (Wildman–Crippen MR) is 96.5 cm³/mol. The normalized spacial score (nSPS) is 26.2. The van der Waals surface area contributed by atoms with Crippen molar-refractivity contribution in [2.45, 2.75) is 58.8 Å². The lowest BCUT2D eigenvalue weighted by Crippen LogP contribution is -2.50. The molecule has 6 heteroatoms. The molecular formula is C20H29N3O3. The molecule has 0 aromatic carbocycles. The largest absolute Gasteiger partial charge is 0.361 e. The van der Waals surface area contributed by atoms with Gasteiger partial charge in [-0.05, 0) is 58.3 Å². The highest BCUT2D eigenvalue weighted by atomic mass is 16.5. The first kappa shape index (κ1) is 17.6. The molecule has 1 saturated carbocycles. The van der Waals surface area contributed by atoms with Crippen LogP contribution in [0.3, 0.4) is 0 Å². The first-order valence-electron chi connectivity index (χ1n) is 9.97. The van der Waals surface area contributed by atoms with Crippen LogP contribution < -0.4 is 0 Å². The molecule has 0 radical (unpaired) electrons. The average Bonchev–Trinajstić information content (AvgIpc) is 3.25. The van der Waals surface area contributed by atoms with Crippen LogP contribution in [0.15, 0.2) is 4.52 Å². The van der Waals surface area contributed by atoms with Crippen molar-refractivity contribution in [2.75, 3.05) is 26.2 Å². The third-order valence-corrected chi connectivity index (χ3v) is 6.48.